The Balaban J connectivity index is 0.000000413. The SMILES string of the molecule is CCN(CC)CCNC(=O)c1ccc(NS(C)(=O)=O)cc1.COc1ccc(CCN(C)CCCC(C#N)(c2ccc(OC)c(OC)c2)C(C)C)cc1OC. The number of ether oxygens (including phenoxy) is 4. The molecule has 0 bridgehead atoms. The lowest BCUT2D eigenvalue weighted by atomic mass is 9.69. The van der Waals surface area contributed by atoms with Gasteiger partial charge < -0.3 is 34.1 Å². The van der Waals surface area contributed by atoms with E-state index >= 15 is 0 Å². The predicted octanol–water partition coefficient (Wildman–Crippen LogP) is 6.22. The van der Waals surface area contributed by atoms with Crippen molar-refractivity contribution in [3.05, 3.63) is 77.4 Å². The number of nitriles is 1. The second kappa shape index (κ2) is 22.6. The van der Waals surface area contributed by atoms with Gasteiger partial charge in [-0.25, -0.2) is 8.42 Å². The highest BCUT2D eigenvalue weighted by atomic mass is 32.2. The van der Waals surface area contributed by atoms with Crippen LogP contribution in [0.4, 0.5) is 5.69 Å². The Hall–Kier alpha value is -4.51. The second-order valence-electron chi connectivity index (χ2n) is 13.4. The summed E-state index contributed by atoms with van der Waals surface area (Å²) in [7, 11) is 5.37. The molecule has 0 aliphatic carbocycles. The van der Waals surface area contributed by atoms with Crippen molar-refractivity contribution in [3.63, 3.8) is 0 Å². The second-order valence-corrected chi connectivity index (χ2v) is 15.1. The zero-order chi connectivity index (χ0) is 40.3. The highest BCUT2D eigenvalue weighted by molar-refractivity contribution is 7.92. The van der Waals surface area contributed by atoms with Gasteiger partial charge in [0.1, 0.15) is 0 Å². The number of amides is 1. The maximum absolute atomic E-state index is 11.9. The quantitative estimate of drug-likeness (QED) is 0.128. The molecule has 0 spiro atoms. The Labute approximate surface area is 323 Å². The van der Waals surface area contributed by atoms with Crippen LogP contribution in [-0.4, -0.2) is 105 Å². The van der Waals surface area contributed by atoms with E-state index in [1.165, 1.54) is 5.56 Å². The number of likely N-dealkylation sites (N-methyl/N-ethyl adjacent to an activating group) is 2. The summed E-state index contributed by atoms with van der Waals surface area (Å²) in [5.74, 6) is 2.83. The number of nitrogens with one attached hydrogen (secondary N) is 2. The lowest BCUT2D eigenvalue weighted by Gasteiger charge is -2.32. The van der Waals surface area contributed by atoms with E-state index in [-0.39, 0.29) is 11.8 Å². The van der Waals surface area contributed by atoms with Crippen molar-refractivity contribution < 1.29 is 32.2 Å². The lowest BCUT2D eigenvalue weighted by molar-refractivity contribution is 0.0949. The third-order valence-electron chi connectivity index (χ3n) is 9.48. The van der Waals surface area contributed by atoms with Crippen molar-refractivity contribution >= 4 is 21.6 Å². The number of carbonyl (C=O) groups excluding carboxylic acids is 1. The summed E-state index contributed by atoms with van der Waals surface area (Å²) >= 11 is 0. The molecule has 13 heteroatoms. The molecule has 1 unspecified atom stereocenters. The van der Waals surface area contributed by atoms with Gasteiger partial charge in [-0.2, -0.15) is 5.26 Å². The molecule has 1 atom stereocenters. The smallest absolute Gasteiger partial charge is 0.251 e. The fourth-order valence-electron chi connectivity index (χ4n) is 6.10. The summed E-state index contributed by atoms with van der Waals surface area (Å²) in [5.41, 5.74) is 2.55. The van der Waals surface area contributed by atoms with Gasteiger partial charge in [-0.3, -0.25) is 9.52 Å². The molecule has 3 rings (SSSR count). The number of sulfonamides is 1. The number of nitrogens with zero attached hydrogens (tertiary/aromatic N) is 3. The molecule has 0 aliphatic rings. The van der Waals surface area contributed by atoms with Crippen molar-refractivity contribution in [2.75, 3.05) is 85.7 Å². The topological polar surface area (TPSA) is 142 Å². The molecule has 0 aromatic heterocycles. The molecule has 3 aromatic carbocycles. The summed E-state index contributed by atoms with van der Waals surface area (Å²) < 4.78 is 46.1. The molecule has 54 heavy (non-hydrogen) atoms. The maximum Gasteiger partial charge on any atom is 0.251 e. The summed E-state index contributed by atoms with van der Waals surface area (Å²) in [4.78, 5) is 16.5. The van der Waals surface area contributed by atoms with Crippen molar-refractivity contribution in [2.24, 2.45) is 5.92 Å². The predicted molar refractivity (Wildman–Crippen MR) is 217 cm³/mol. The van der Waals surface area contributed by atoms with Crippen LogP contribution in [0.1, 0.15) is 62.0 Å². The first-order valence-corrected chi connectivity index (χ1v) is 20.2. The first-order valence-electron chi connectivity index (χ1n) is 18.3. The zero-order valence-electron chi connectivity index (χ0n) is 33.8. The summed E-state index contributed by atoms with van der Waals surface area (Å²) in [6.45, 7) is 13.5. The van der Waals surface area contributed by atoms with Gasteiger partial charge in [0.25, 0.3) is 5.91 Å². The van der Waals surface area contributed by atoms with Crippen LogP contribution in [0.25, 0.3) is 0 Å². The average Bonchev–Trinajstić information content (AvgIpc) is 3.16. The number of rotatable bonds is 21. The zero-order valence-corrected chi connectivity index (χ0v) is 34.6. The Kier molecular flexibility index (Phi) is 19.1. The summed E-state index contributed by atoms with van der Waals surface area (Å²) in [6, 6.07) is 20.8. The van der Waals surface area contributed by atoms with E-state index in [9.17, 15) is 18.5 Å². The van der Waals surface area contributed by atoms with Crippen LogP contribution in [0, 0.1) is 17.2 Å². The third kappa shape index (κ3) is 14.0. The van der Waals surface area contributed by atoms with Gasteiger partial charge in [-0.05, 0) is 112 Å². The number of hydrogen-bond acceptors (Lipinski definition) is 10. The van der Waals surface area contributed by atoms with Gasteiger partial charge in [-0.1, -0.05) is 39.8 Å². The fourth-order valence-corrected chi connectivity index (χ4v) is 6.66. The number of benzene rings is 3. The Morgan fingerprint density at radius 3 is 1.93 bits per heavy atom. The van der Waals surface area contributed by atoms with Crippen LogP contribution in [0.5, 0.6) is 23.0 Å². The van der Waals surface area contributed by atoms with Gasteiger partial charge in [0.2, 0.25) is 10.0 Å². The van der Waals surface area contributed by atoms with Gasteiger partial charge in [0, 0.05) is 30.9 Å². The molecule has 298 valence electrons. The van der Waals surface area contributed by atoms with Crippen molar-refractivity contribution in [1.29, 1.82) is 5.26 Å². The Bertz CT molecular complexity index is 1740. The highest BCUT2D eigenvalue weighted by Crippen LogP contribution is 2.40. The standard InChI is InChI=1S/C27H38N2O4.C14H23N3O3S/c1-20(2)27(19-28,22-10-12-24(31-5)26(18-22)33-7)14-8-15-29(3)16-13-21-9-11-23(30-4)25(17-21)32-6;1-4-17(5-2)11-10-15-14(18)12-6-8-13(9-7-12)16-21(3,19)20/h9-12,17-18,20H,8,13-16H2,1-7H3;6-9,16H,4-5,10-11H2,1-3H3,(H,15,18). The van der Waals surface area contributed by atoms with Crippen LogP contribution >= 0.6 is 0 Å². The molecule has 2 N–H and O–H groups in total. The molecular weight excluding hydrogens is 707 g/mol. The van der Waals surface area contributed by atoms with E-state index in [0.717, 1.165) is 75.3 Å². The normalized spacial score (nSPS) is 12.3. The Morgan fingerprint density at radius 2 is 1.41 bits per heavy atom. The molecule has 0 saturated heterocycles. The van der Waals surface area contributed by atoms with Crippen molar-refractivity contribution in [1.82, 2.24) is 15.1 Å². The summed E-state index contributed by atoms with van der Waals surface area (Å²) in [5, 5.41) is 13.1. The molecule has 3 aromatic rings. The largest absolute Gasteiger partial charge is 0.493 e. The van der Waals surface area contributed by atoms with Crippen molar-refractivity contribution in [2.45, 2.75) is 52.4 Å². The van der Waals surface area contributed by atoms with Crippen molar-refractivity contribution in [3.8, 4) is 29.1 Å². The number of hydrogen-bond donors (Lipinski definition) is 2. The average molecular weight is 768 g/mol. The van der Waals surface area contributed by atoms with E-state index in [0.29, 0.717) is 29.3 Å². The summed E-state index contributed by atoms with van der Waals surface area (Å²) in [6.07, 6.45) is 3.70. The first kappa shape index (κ1) is 45.6. The molecule has 0 heterocycles. The van der Waals surface area contributed by atoms with Gasteiger partial charge in [0.05, 0.1) is 46.2 Å². The van der Waals surface area contributed by atoms with E-state index in [4.69, 9.17) is 18.9 Å². The minimum absolute atomic E-state index is 0.159. The molecule has 0 radical (unpaired) electrons. The molecule has 0 saturated carbocycles. The van der Waals surface area contributed by atoms with E-state index in [2.05, 4.69) is 66.7 Å². The fraction of sp³-hybridized carbons (Fsp3) is 0.512. The molecular formula is C41H61N5O7S. The monoisotopic (exact) mass is 767 g/mol. The van der Waals surface area contributed by atoms with Crippen LogP contribution in [0.3, 0.4) is 0 Å². The van der Waals surface area contributed by atoms with Crippen LogP contribution in [-0.2, 0) is 21.9 Å². The lowest BCUT2D eigenvalue weighted by Crippen LogP contribution is -2.34. The highest BCUT2D eigenvalue weighted by Gasteiger charge is 2.36. The molecule has 12 nitrogen and oxygen atoms in total. The van der Waals surface area contributed by atoms with E-state index in [1.54, 1.807) is 52.7 Å². The van der Waals surface area contributed by atoms with Gasteiger partial charge in [0.15, 0.2) is 23.0 Å². The minimum atomic E-state index is -3.30. The first-order chi connectivity index (χ1) is 25.7. The van der Waals surface area contributed by atoms with Gasteiger partial charge >= 0.3 is 0 Å². The molecule has 0 fully saturated rings. The van der Waals surface area contributed by atoms with E-state index < -0.39 is 15.4 Å². The van der Waals surface area contributed by atoms with Crippen LogP contribution in [0.2, 0.25) is 0 Å². The van der Waals surface area contributed by atoms with Gasteiger partial charge in [-0.15, -0.1) is 0 Å². The molecule has 0 aliphatic heterocycles. The maximum atomic E-state index is 11.9. The number of anilines is 1. The minimum Gasteiger partial charge on any atom is -0.493 e. The Morgan fingerprint density at radius 1 is 0.833 bits per heavy atom. The third-order valence-corrected chi connectivity index (χ3v) is 10.1. The molecule has 1 amide bonds. The number of carbonyl (C=O) groups is 1. The van der Waals surface area contributed by atoms with E-state index in [1.807, 2.05) is 30.3 Å². The van der Waals surface area contributed by atoms with Crippen LogP contribution < -0.4 is 29.0 Å². The number of methoxy groups -OCH3 is 4. The van der Waals surface area contributed by atoms with Crippen LogP contribution in [0.15, 0.2) is 60.7 Å².